The first kappa shape index (κ1) is 22.0. The fourth-order valence-corrected chi connectivity index (χ4v) is 5.24. The molecule has 0 fully saturated rings. The highest BCUT2D eigenvalue weighted by molar-refractivity contribution is 5.87. The highest BCUT2D eigenvalue weighted by Gasteiger charge is 2.33. The summed E-state index contributed by atoms with van der Waals surface area (Å²) < 4.78 is 0. The number of fused-ring (bicyclic) bond motifs is 1. The molecule has 2 N–H and O–H groups in total. The van der Waals surface area contributed by atoms with Crippen LogP contribution in [0.4, 0.5) is 0 Å². The molecule has 2 atom stereocenters. The van der Waals surface area contributed by atoms with E-state index in [0.717, 1.165) is 36.0 Å². The molecule has 0 unspecified atom stereocenters. The van der Waals surface area contributed by atoms with Gasteiger partial charge in [-0.05, 0) is 59.2 Å². The van der Waals surface area contributed by atoms with Gasteiger partial charge in [-0.3, -0.25) is 4.79 Å². The van der Waals surface area contributed by atoms with E-state index in [-0.39, 0.29) is 23.6 Å². The monoisotopic (exact) mass is 447 g/mol. The van der Waals surface area contributed by atoms with Crippen LogP contribution in [-0.4, -0.2) is 11.0 Å². The normalized spacial score (nSPS) is 17.6. The van der Waals surface area contributed by atoms with Crippen molar-refractivity contribution in [3.05, 3.63) is 137 Å². The number of hydrogen-bond acceptors (Lipinski definition) is 2. The van der Waals surface area contributed by atoms with Crippen LogP contribution in [0.2, 0.25) is 0 Å². The van der Waals surface area contributed by atoms with Crippen LogP contribution in [0.5, 0.6) is 5.75 Å². The number of phenolic OH excluding ortho intramolecular Hbond substituents is 1. The van der Waals surface area contributed by atoms with Gasteiger partial charge < -0.3 is 10.4 Å². The predicted molar refractivity (Wildman–Crippen MR) is 136 cm³/mol. The van der Waals surface area contributed by atoms with Gasteiger partial charge in [0.15, 0.2) is 0 Å². The lowest BCUT2D eigenvalue weighted by molar-refractivity contribution is -0.122. The van der Waals surface area contributed by atoms with Crippen LogP contribution >= 0.6 is 0 Å². The Kier molecular flexibility index (Phi) is 6.44. The van der Waals surface area contributed by atoms with Crippen molar-refractivity contribution >= 4 is 5.91 Å². The summed E-state index contributed by atoms with van der Waals surface area (Å²) in [5.41, 5.74) is 5.58. The number of hydrogen-bond donors (Lipinski definition) is 2. The Morgan fingerprint density at radius 2 is 1.35 bits per heavy atom. The highest BCUT2D eigenvalue weighted by atomic mass is 16.3. The van der Waals surface area contributed by atoms with Gasteiger partial charge >= 0.3 is 0 Å². The molecule has 3 heteroatoms. The smallest absolute Gasteiger partial charge is 0.232 e. The number of carbonyl (C=O) groups is 1. The standard InChI is InChI=1S/C31H29NO2/c33-26-20-18-23(19-21-26)28-17-9-15-22-10-7-8-16-27(22)30(28)32-31(34)29(24-11-3-1-4-12-24)25-13-5-2-6-14-25/h1-8,10-14,16,18-21,28-30,33H,9,15,17H2,(H,32,34)/t28-,30-/m1/s1. The van der Waals surface area contributed by atoms with Crippen molar-refractivity contribution in [3.8, 4) is 5.75 Å². The van der Waals surface area contributed by atoms with Gasteiger partial charge in [0.1, 0.15) is 5.75 Å². The lowest BCUT2D eigenvalue weighted by Gasteiger charge is -2.30. The Morgan fingerprint density at radius 1 is 0.765 bits per heavy atom. The quantitative estimate of drug-likeness (QED) is 0.343. The largest absolute Gasteiger partial charge is 0.508 e. The molecule has 1 aliphatic carbocycles. The first-order chi connectivity index (χ1) is 16.7. The van der Waals surface area contributed by atoms with Gasteiger partial charge in [-0.1, -0.05) is 97.1 Å². The molecule has 0 aliphatic heterocycles. The number of aryl methyl sites for hydroxylation is 1. The van der Waals surface area contributed by atoms with E-state index in [1.165, 1.54) is 11.1 Å². The zero-order chi connectivity index (χ0) is 23.3. The maximum atomic E-state index is 14.0. The van der Waals surface area contributed by atoms with Crippen molar-refractivity contribution < 1.29 is 9.90 Å². The average molecular weight is 448 g/mol. The molecule has 0 saturated carbocycles. The molecule has 5 rings (SSSR count). The maximum Gasteiger partial charge on any atom is 0.232 e. The Morgan fingerprint density at radius 3 is 2.00 bits per heavy atom. The molecule has 0 aromatic heterocycles. The molecule has 1 amide bonds. The SMILES string of the molecule is O=C(N[C@@H]1c2ccccc2CCC[C@@H]1c1ccc(O)cc1)C(c1ccccc1)c1ccccc1. The van der Waals surface area contributed by atoms with Crippen molar-refractivity contribution in [1.29, 1.82) is 0 Å². The van der Waals surface area contributed by atoms with E-state index < -0.39 is 5.92 Å². The molecule has 170 valence electrons. The first-order valence-electron chi connectivity index (χ1n) is 12.0. The Hall–Kier alpha value is -3.85. The highest BCUT2D eigenvalue weighted by Crippen LogP contribution is 2.41. The Bertz CT molecular complexity index is 1200. The third-order valence-corrected chi connectivity index (χ3v) is 6.90. The predicted octanol–water partition coefficient (Wildman–Crippen LogP) is 6.50. The summed E-state index contributed by atoms with van der Waals surface area (Å²) in [6, 6.07) is 35.8. The van der Waals surface area contributed by atoms with Gasteiger partial charge in [-0.15, -0.1) is 0 Å². The molecule has 3 nitrogen and oxygen atoms in total. The Labute approximate surface area is 201 Å². The van der Waals surface area contributed by atoms with E-state index in [1.54, 1.807) is 12.1 Å². The van der Waals surface area contributed by atoms with Crippen LogP contribution in [0, 0.1) is 0 Å². The van der Waals surface area contributed by atoms with Gasteiger partial charge in [0.25, 0.3) is 0 Å². The van der Waals surface area contributed by atoms with Crippen molar-refractivity contribution in [1.82, 2.24) is 5.32 Å². The lowest BCUT2D eigenvalue weighted by atomic mass is 9.83. The summed E-state index contributed by atoms with van der Waals surface area (Å²) in [7, 11) is 0. The van der Waals surface area contributed by atoms with E-state index in [0.29, 0.717) is 0 Å². The molecular weight excluding hydrogens is 418 g/mol. The summed E-state index contributed by atoms with van der Waals surface area (Å²) in [4.78, 5) is 14.0. The molecule has 0 radical (unpaired) electrons. The Balaban J connectivity index is 1.55. The maximum absolute atomic E-state index is 14.0. The van der Waals surface area contributed by atoms with E-state index in [4.69, 9.17) is 0 Å². The van der Waals surface area contributed by atoms with E-state index in [9.17, 15) is 9.90 Å². The summed E-state index contributed by atoms with van der Waals surface area (Å²) in [5, 5.41) is 13.3. The third kappa shape index (κ3) is 4.60. The van der Waals surface area contributed by atoms with Gasteiger partial charge in [-0.2, -0.15) is 0 Å². The van der Waals surface area contributed by atoms with Crippen molar-refractivity contribution in [2.75, 3.05) is 0 Å². The number of carbonyl (C=O) groups excluding carboxylic acids is 1. The second kappa shape index (κ2) is 9.96. The van der Waals surface area contributed by atoms with Crippen LogP contribution in [0.1, 0.15) is 58.5 Å². The molecule has 0 bridgehead atoms. The summed E-state index contributed by atoms with van der Waals surface area (Å²) >= 11 is 0. The van der Waals surface area contributed by atoms with Crippen LogP contribution < -0.4 is 5.32 Å². The number of aromatic hydroxyl groups is 1. The van der Waals surface area contributed by atoms with Crippen LogP contribution in [-0.2, 0) is 11.2 Å². The van der Waals surface area contributed by atoms with Gasteiger partial charge in [0.2, 0.25) is 5.91 Å². The molecule has 4 aromatic rings. The van der Waals surface area contributed by atoms with E-state index >= 15 is 0 Å². The topological polar surface area (TPSA) is 49.3 Å². The molecule has 1 aliphatic rings. The van der Waals surface area contributed by atoms with Crippen molar-refractivity contribution in [3.63, 3.8) is 0 Å². The van der Waals surface area contributed by atoms with Gasteiger partial charge in [0.05, 0.1) is 12.0 Å². The van der Waals surface area contributed by atoms with Crippen LogP contribution in [0.15, 0.2) is 109 Å². The van der Waals surface area contributed by atoms with Crippen LogP contribution in [0.25, 0.3) is 0 Å². The van der Waals surface area contributed by atoms with E-state index in [1.807, 2.05) is 72.8 Å². The fourth-order valence-electron chi connectivity index (χ4n) is 5.24. The molecule has 0 saturated heterocycles. The second-order valence-electron chi connectivity index (χ2n) is 9.03. The number of rotatable bonds is 5. The minimum atomic E-state index is -0.390. The second-order valence-corrected chi connectivity index (χ2v) is 9.03. The lowest BCUT2D eigenvalue weighted by Crippen LogP contribution is -2.36. The number of benzene rings is 4. The zero-order valence-electron chi connectivity index (χ0n) is 19.1. The molecule has 34 heavy (non-hydrogen) atoms. The number of nitrogens with one attached hydrogen (secondary N) is 1. The molecular formula is C31H29NO2. The first-order valence-corrected chi connectivity index (χ1v) is 12.0. The number of amides is 1. The summed E-state index contributed by atoms with van der Waals surface area (Å²) in [6.45, 7) is 0. The minimum absolute atomic E-state index is 0.00267. The fraction of sp³-hybridized carbons (Fsp3) is 0.194. The van der Waals surface area contributed by atoms with Crippen molar-refractivity contribution in [2.45, 2.75) is 37.1 Å². The van der Waals surface area contributed by atoms with Gasteiger partial charge in [0, 0.05) is 5.92 Å². The van der Waals surface area contributed by atoms with E-state index in [2.05, 4.69) is 29.6 Å². The molecule has 0 heterocycles. The number of phenols is 1. The molecule has 4 aromatic carbocycles. The third-order valence-electron chi connectivity index (χ3n) is 6.90. The van der Waals surface area contributed by atoms with Crippen LogP contribution in [0.3, 0.4) is 0 Å². The van der Waals surface area contributed by atoms with Gasteiger partial charge in [-0.25, -0.2) is 0 Å². The van der Waals surface area contributed by atoms with Crippen molar-refractivity contribution in [2.24, 2.45) is 0 Å². The minimum Gasteiger partial charge on any atom is -0.508 e. The summed E-state index contributed by atoms with van der Waals surface area (Å²) in [5.74, 6) is -0.00635. The molecule has 0 spiro atoms. The zero-order valence-corrected chi connectivity index (χ0v) is 19.1. The summed E-state index contributed by atoms with van der Waals surface area (Å²) in [6.07, 6.45) is 3.01. The average Bonchev–Trinajstić information content (AvgIpc) is 3.06.